The second-order valence-corrected chi connectivity index (χ2v) is 11.5. The number of nitrogens with one attached hydrogen (secondary N) is 1. The van der Waals surface area contributed by atoms with E-state index < -0.39 is 11.0 Å². The van der Waals surface area contributed by atoms with Crippen molar-refractivity contribution in [2.75, 3.05) is 13.7 Å². The zero-order valence-corrected chi connectivity index (χ0v) is 23.9. The second kappa shape index (κ2) is 15.0. The van der Waals surface area contributed by atoms with E-state index in [-0.39, 0.29) is 11.8 Å². The van der Waals surface area contributed by atoms with Gasteiger partial charge >= 0.3 is 0 Å². The zero-order valence-electron chi connectivity index (χ0n) is 23.1. The van der Waals surface area contributed by atoms with Crippen LogP contribution in [0.25, 0.3) is 16.9 Å². The molecule has 1 heterocycles. The van der Waals surface area contributed by atoms with Crippen molar-refractivity contribution in [3.8, 4) is 22.7 Å². The highest BCUT2D eigenvalue weighted by molar-refractivity contribution is 7.82. The van der Waals surface area contributed by atoms with Gasteiger partial charge in [0.25, 0.3) is 0 Å². The van der Waals surface area contributed by atoms with Gasteiger partial charge in [-0.3, -0.25) is 4.79 Å². The standard InChI is InChI=1S/C31H42N4O3S/c1-38-28-18-14-24(15-19-28)30-23-26(34-35(30)27-16-20-29(21-17-27)39(32)37)13-7-5-3-2-4-6-10-22-33-31(36)25-11-8-9-12-25/h14-21,23,25H,2-13,22,32H2,1H3,(H,33,36). The van der Waals surface area contributed by atoms with Crippen molar-refractivity contribution in [3.05, 3.63) is 60.3 Å². The topological polar surface area (TPSA) is 99.2 Å². The van der Waals surface area contributed by atoms with E-state index in [1.165, 1.54) is 44.9 Å². The summed E-state index contributed by atoms with van der Waals surface area (Å²) in [7, 11) is 0.158. The fourth-order valence-electron chi connectivity index (χ4n) is 5.30. The molecule has 3 aromatic rings. The molecular weight excluding hydrogens is 508 g/mol. The number of nitrogens with two attached hydrogens (primary N) is 1. The highest BCUT2D eigenvalue weighted by Crippen LogP contribution is 2.27. The van der Waals surface area contributed by atoms with Gasteiger partial charge in [-0.2, -0.15) is 5.10 Å². The van der Waals surface area contributed by atoms with Gasteiger partial charge < -0.3 is 10.1 Å². The molecule has 210 valence electrons. The molecule has 1 unspecified atom stereocenters. The van der Waals surface area contributed by atoms with Gasteiger partial charge in [-0.1, -0.05) is 44.9 Å². The number of methoxy groups -OCH3 is 1. The van der Waals surface area contributed by atoms with Gasteiger partial charge in [0.1, 0.15) is 16.7 Å². The lowest BCUT2D eigenvalue weighted by molar-refractivity contribution is -0.124. The minimum absolute atomic E-state index is 0.271. The van der Waals surface area contributed by atoms with E-state index in [2.05, 4.69) is 11.4 Å². The smallest absolute Gasteiger partial charge is 0.223 e. The van der Waals surface area contributed by atoms with Crippen LogP contribution >= 0.6 is 0 Å². The van der Waals surface area contributed by atoms with E-state index in [4.69, 9.17) is 15.0 Å². The first-order valence-corrected chi connectivity index (χ1v) is 15.5. The maximum atomic E-state index is 12.1. The summed E-state index contributed by atoms with van der Waals surface area (Å²) >= 11 is 0. The van der Waals surface area contributed by atoms with E-state index in [0.717, 1.165) is 67.0 Å². The monoisotopic (exact) mass is 550 g/mol. The minimum atomic E-state index is -1.51. The van der Waals surface area contributed by atoms with Crippen molar-refractivity contribution in [1.29, 1.82) is 0 Å². The Bertz CT molecular complexity index is 1200. The Labute approximate surface area is 235 Å². The third-order valence-corrected chi connectivity index (χ3v) is 8.33. The number of ether oxygens (including phenoxy) is 1. The predicted octanol–water partition coefficient (Wildman–Crippen LogP) is 6.11. The maximum Gasteiger partial charge on any atom is 0.223 e. The van der Waals surface area contributed by atoms with E-state index in [9.17, 15) is 9.00 Å². The van der Waals surface area contributed by atoms with Crippen LogP contribution in [0.2, 0.25) is 0 Å². The molecule has 1 amide bonds. The summed E-state index contributed by atoms with van der Waals surface area (Å²) in [6.07, 6.45) is 13.7. The molecule has 3 N–H and O–H groups in total. The lowest BCUT2D eigenvalue weighted by Gasteiger charge is -2.10. The van der Waals surface area contributed by atoms with Crippen LogP contribution in [0.5, 0.6) is 5.75 Å². The van der Waals surface area contributed by atoms with Gasteiger partial charge in [0, 0.05) is 18.0 Å². The van der Waals surface area contributed by atoms with Crippen LogP contribution in [0.15, 0.2) is 59.5 Å². The molecule has 0 radical (unpaired) electrons. The quantitative estimate of drug-likeness (QED) is 0.223. The SMILES string of the molecule is COc1ccc(-c2cc(CCCCCCCCCNC(=O)C3CCCC3)nn2-c2ccc(S(N)=O)cc2)cc1. The van der Waals surface area contributed by atoms with Crippen LogP contribution in [-0.2, 0) is 22.2 Å². The summed E-state index contributed by atoms with van der Waals surface area (Å²) in [6.45, 7) is 0.821. The largest absolute Gasteiger partial charge is 0.497 e. The number of rotatable bonds is 15. The third-order valence-electron chi connectivity index (χ3n) is 7.59. The predicted molar refractivity (Wildman–Crippen MR) is 157 cm³/mol. The zero-order chi connectivity index (χ0) is 27.5. The number of benzene rings is 2. The minimum Gasteiger partial charge on any atom is -0.497 e. The van der Waals surface area contributed by atoms with Gasteiger partial charge in [0.2, 0.25) is 5.91 Å². The Morgan fingerprint density at radius 2 is 1.62 bits per heavy atom. The summed E-state index contributed by atoms with van der Waals surface area (Å²) < 4.78 is 18.9. The average Bonchev–Trinajstić information content (AvgIpc) is 3.65. The van der Waals surface area contributed by atoms with E-state index >= 15 is 0 Å². The van der Waals surface area contributed by atoms with Crippen LogP contribution in [0.3, 0.4) is 0 Å². The van der Waals surface area contributed by atoms with Gasteiger partial charge in [-0.15, -0.1) is 0 Å². The molecule has 1 aliphatic carbocycles. The summed E-state index contributed by atoms with van der Waals surface area (Å²) in [6, 6.07) is 17.5. The Balaban J connectivity index is 1.24. The third kappa shape index (κ3) is 8.51. The number of nitrogens with zero attached hydrogens (tertiary/aromatic N) is 2. The number of carbonyl (C=O) groups excluding carboxylic acids is 1. The molecule has 1 aliphatic rings. The first kappa shape index (κ1) is 29.0. The Morgan fingerprint density at radius 3 is 2.26 bits per heavy atom. The molecule has 0 bridgehead atoms. The normalized spacial score (nSPS) is 14.4. The number of unbranched alkanes of at least 4 members (excludes halogenated alkanes) is 6. The van der Waals surface area contributed by atoms with Gasteiger partial charge in [0.05, 0.1) is 29.1 Å². The van der Waals surface area contributed by atoms with Gasteiger partial charge in [0.15, 0.2) is 0 Å². The number of aromatic nitrogens is 2. The molecule has 0 spiro atoms. The molecule has 8 heteroatoms. The number of hydrogen-bond donors (Lipinski definition) is 2. The first-order valence-electron chi connectivity index (χ1n) is 14.3. The number of amides is 1. The molecule has 1 aromatic heterocycles. The Kier molecular flexibility index (Phi) is 11.2. The lowest BCUT2D eigenvalue weighted by atomic mass is 10.1. The molecular formula is C31H42N4O3S. The fourth-order valence-corrected chi connectivity index (χ4v) is 5.70. The molecule has 0 saturated heterocycles. The number of aryl methyl sites for hydroxylation is 1. The van der Waals surface area contributed by atoms with Crippen molar-refractivity contribution in [2.24, 2.45) is 11.1 Å². The van der Waals surface area contributed by atoms with Crippen LogP contribution in [0, 0.1) is 5.92 Å². The molecule has 1 fully saturated rings. The van der Waals surface area contributed by atoms with Crippen LogP contribution in [0.4, 0.5) is 0 Å². The molecule has 0 aliphatic heterocycles. The van der Waals surface area contributed by atoms with Crippen molar-refractivity contribution in [3.63, 3.8) is 0 Å². The van der Waals surface area contributed by atoms with Gasteiger partial charge in [-0.25, -0.2) is 14.0 Å². The van der Waals surface area contributed by atoms with Crippen molar-refractivity contribution in [2.45, 2.75) is 81.9 Å². The molecule has 39 heavy (non-hydrogen) atoms. The van der Waals surface area contributed by atoms with E-state index in [1.54, 1.807) is 19.2 Å². The van der Waals surface area contributed by atoms with Crippen LogP contribution < -0.4 is 15.2 Å². The average molecular weight is 551 g/mol. The molecule has 4 rings (SSSR count). The first-order chi connectivity index (χ1) is 19.0. The number of hydrogen-bond acceptors (Lipinski definition) is 4. The van der Waals surface area contributed by atoms with E-state index in [1.807, 2.05) is 41.1 Å². The second-order valence-electron chi connectivity index (χ2n) is 10.4. The molecule has 2 aromatic carbocycles. The molecule has 1 saturated carbocycles. The van der Waals surface area contributed by atoms with Gasteiger partial charge in [-0.05, 0) is 86.7 Å². The Morgan fingerprint density at radius 1 is 0.974 bits per heavy atom. The Hall–Kier alpha value is -2.97. The maximum absolute atomic E-state index is 12.1. The number of carbonyl (C=O) groups is 1. The van der Waals surface area contributed by atoms with Crippen molar-refractivity contribution in [1.82, 2.24) is 15.1 Å². The molecule has 1 atom stereocenters. The van der Waals surface area contributed by atoms with Crippen LogP contribution in [-0.4, -0.2) is 33.6 Å². The summed E-state index contributed by atoms with van der Waals surface area (Å²) in [5.74, 6) is 1.36. The summed E-state index contributed by atoms with van der Waals surface area (Å²) in [4.78, 5) is 12.7. The highest BCUT2D eigenvalue weighted by atomic mass is 32.2. The summed E-state index contributed by atoms with van der Waals surface area (Å²) in [5, 5.41) is 13.6. The van der Waals surface area contributed by atoms with Crippen molar-refractivity contribution >= 4 is 16.9 Å². The fraction of sp³-hybridized carbons (Fsp3) is 0.484. The lowest BCUT2D eigenvalue weighted by Crippen LogP contribution is -2.30. The van der Waals surface area contributed by atoms with Crippen LogP contribution in [0.1, 0.15) is 76.3 Å². The molecule has 7 nitrogen and oxygen atoms in total. The van der Waals surface area contributed by atoms with Crippen molar-refractivity contribution < 1.29 is 13.7 Å². The summed E-state index contributed by atoms with van der Waals surface area (Å²) in [5.41, 5.74) is 4.03. The highest BCUT2D eigenvalue weighted by Gasteiger charge is 2.21. The van der Waals surface area contributed by atoms with E-state index in [0.29, 0.717) is 4.90 Å².